The lowest BCUT2D eigenvalue weighted by Crippen LogP contribution is -2.50. The Morgan fingerprint density at radius 1 is 0.972 bits per heavy atom. The molecule has 2 heterocycles. The number of nitrogens with one attached hydrogen (secondary N) is 1. The van der Waals surface area contributed by atoms with E-state index in [0.717, 1.165) is 30.8 Å². The van der Waals surface area contributed by atoms with Gasteiger partial charge in [0.05, 0.1) is 17.1 Å². The SMILES string of the molecule is Cc1ccc2c(c1)N(S(=O)(=O)c1ccccc1)C[C@@H](C(=O)NCc1cccc(CN3CCCC3)c1)O2. The lowest BCUT2D eigenvalue weighted by molar-refractivity contribution is -0.127. The van der Waals surface area contributed by atoms with Crippen LogP contribution in [0.3, 0.4) is 0 Å². The van der Waals surface area contributed by atoms with E-state index < -0.39 is 16.1 Å². The Balaban J connectivity index is 1.32. The van der Waals surface area contributed by atoms with Gasteiger partial charge in [-0.3, -0.25) is 14.0 Å². The number of nitrogens with zero attached hydrogens (tertiary/aromatic N) is 2. The van der Waals surface area contributed by atoms with Gasteiger partial charge in [-0.05, 0) is 73.8 Å². The van der Waals surface area contributed by atoms with Crippen molar-refractivity contribution in [1.82, 2.24) is 10.2 Å². The van der Waals surface area contributed by atoms with Crippen LogP contribution in [0, 0.1) is 6.92 Å². The summed E-state index contributed by atoms with van der Waals surface area (Å²) in [6.07, 6.45) is 1.53. The molecule has 3 aromatic carbocycles. The van der Waals surface area contributed by atoms with E-state index in [2.05, 4.69) is 22.3 Å². The molecule has 1 saturated heterocycles. The third-order valence-corrected chi connectivity index (χ3v) is 8.46. The van der Waals surface area contributed by atoms with Crippen LogP contribution in [0.15, 0.2) is 77.7 Å². The van der Waals surface area contributed by atoms with E-state index in [0.29, 0.717) is 18.0 Å². The van der Waals surface area contributed by atoms with Crippen LogP contribution in [0.1, 0.15) is 29.5 Å². The number of hydrogen-bond donors (Lipinski definition) is 1. The molecule has 36 heavy (non-hydrogen) atoms. The highest BCUT2D eigenvalue weighted by Crippen LogP contribution is 2.37. The lowest BCUT2D eigenvalue weighted by atomic mass is 10.1. The molecule has 0 spiro atoms. The second kappa shape index (κ2) is 10.3. The van der Waals surface area contributed by atoms with Crippen molar-refractivity contribution in [1.29, 1.82) is 0 Å². The van der Waals surface area contributed by atoms with E-state index in [4.69, 9.17) is 4.74 Å². The van der Waals surface area contributed by atoms with E-state index in [1.807, 2.05) is 25.1 Å². The molecule has 1 N–H and O–H groups in total. The molecule has 0 bridgehead atoms. The summed E-state index contributed by atoms with van der Waals surface area (Å²) >= 11 is 0. The number of sulfonamides is 1. The number of rotatable bonds is 7. The molecule has 0 saturated carbocycles. The molecule has 1 fully saturated rings. The number of carbonyl (C=O) groups excluding carboxylic acids is 1. The molecule has 5 rings (SSSR count). The van der Waals surface area contributed by atoms with E-state index in [1.165, 1.54) is 22.7 Å². The zero-order valence-electron chi connectivity index (χ0n) is 20.4. The minimum absolute atomic E-state index is 0.103. The monoisotopic (exact) mass is 505 g/mol. The summed E-state index contributed by atoms with van der Waals surface area (Å²) in [6.45, 7) is 5.31. The summed E-state index contributed by atoms with van der Waals surface area (Å²) in [7, 11) is -3.87. The highest BCUT2D eigenvalue weighted by molar-refractivity contribution is 7.92. The van der Waals surface area contributed by atoms with Crippen molar-refractivity contribution in [2.75, 3.05) is 23.9 Å². The Bertz CT molecular complexity index is 1340. The summed E-state index contributed by atoms with van der Waals surface area (Å²) in [5.41, 5.74) is 3.57. The largest absolute Gasteiger partial charge is 0.476 e. The molecular formula is C28H31N3O4S. The van der Waals surface area contributed by atoms with Gasteiger partial charge in [-0.25, -0.2) is 8.42 Å². The zero-order chi connectivity index (χ0) is 25.1. The van der Waals surface area contributed by atoms with Gasteiger partial charge >= 0.3 is 0 Å². The summed E-state index contributed by atoms with van der Waals surface area (Å²) in [5.74, 6) is 0.0264. The molecular weight excluding hydrogens is 474 g/mol. The van der Waals surface area contributed by atoms with Crippen LogP contribution < -0.4 is 14.4 Å². The molecule has 0 radical (unpaired) electrons. The standard InChI is InChI=1S/C28H31N3O4S/c1-21-12-13-26-25(16-21)31(36(33,34)24-10-3-2-4-11-24)20-27(35-26)28(32)29-18-22-8-7-9-23(17-22)19-30-14-5-6-15-30/h2-4,7-13,16-17,27H,5-6,14-15,18-20H2,1H3,(H,29,32)/t27-/m0/s1. The summed E-state index contributed by atoms with van der Waals surface area (Å²) in [4.78, 5) is 15.8. The molecule has 1 amide bonds. The fourth-order valence-corrected chi connectivity index (χ4v) is 6.27. The molecule has 8 heteroatoms. The van der Waals surface area contributed by atoms with Crippen molar-refractivity contribution >= 4 is 21.6 Å². The van der Waals surface area contributed by atoms with Gasteiger partial charge in [0.2, 0.25) is 0 Å². The Labute approximate surface area is 212 Å². The van der Waals surface area contributed by atoms with Crippen LogP contribution >= 0.6 is 0 Å². The summed E-state index contributed by atoms with van der Waals surface area (Å²) in [5, 5.41) is 2.94. The topological polar surface area (TPSA) is 79.0 Å². The van der Waals surface area contributed by atoms with Crippen LogP contribution in [-0.4, -0.2) is 45.0 Å². The first kappa shape index (κ1) is 24.3. The number of hydrogen-bond acceptors (Lipinski definition) is 5. The van der Waals surface area contributed by atoms with Gasteiger partial charge in [0.1, 0.15) is 5.75 Å². The molecule has 2 aliphatic heterocycles. The van der Waals surface area contributed by atoms with Gasteiger partial charge in [-0.15, -0.1) is 0 Å². The lowest BCUT2D eigenvalue weighted by Gasteiger charge is -2.35. The highest BCUT2D eigenvalue weighted by atomic mass is 32.2. The summed E-state index contributed by atoms with van der Waals surface area (Å²) in [6, 6.07) is 21.8. The molecule has 188 valence electrons. The number of ether oxygens (including phenoxy) is 1. The Hall–Kier alpha value is -3.36. The maximum atomic E-state index is 13.5. The van der Waals surface area contributed by atoms with Crippen molar-refractivity contribution in [3.63, 3.8) is 0 Å². The van der Waals surface area contributed by atoms with E-state index >= 15 is 0 Å². The second-order valence-corrected chi connectivity index (χ2v) is 11.3. The van der Waals surface area contributed by atoms with Gasteiger partial charge < -0.3 is 10.1 Å². The Kier molecular flexibility index (Phi) is 6.98. The molecule has 0 aliphatic carbocycles. The van der Waals surface area contributed by atoms with Crippen molar-refractivity contribution in [3.05, 3.63) is 89.5 Å². The van der Waals surface area contributed by atoms with Gasteiger partial charge in [0, 0.05) is 13.1 Å². The van der Waals surface area contributed by atoms with Crippen LogP contribution in [-0.2, 0) is 27.9 Å². The van der Waals surface area contributed by atoms with Crippen molar-refractivity contribution in [2.45, 2.75) is 43.9 Å². The number of fused-ring (bicyclic) bond motifs is 1. The molecule has 2 aliphatic rings. The van der Waals surface area contributed by atoms with Crippen molar-refractivity contribution < 1.29 is 17.9 Å². The highest BCUT2D eigenvalue weighted by Gasteiger charge is 2.37. The number of aryl methyl sites for hydroxylation is 1. The third-order valence-electron chi connectivity index (χ3n) is 6.67. The van der Waals surface area contributed by atoms with Gasteiger partial charge in [0.15, 0.2) is 6.10 Å². The predicted molar refractivity (Wildman–Crippen MR) is 139 cm³/mol. The number of likely N-dealkylation sites (tertiary alicyclic amines) is 1. The average Bonchev–Trinajstić information content (AvgIpc) is 3.40. The first-order valence-corrected chi connectivity index (χ1v) is 13.8. The number of benzene rings is 3. The second-order valence-electron chi connectivity index (χ2n) is 9.45. The molecule has 7 nitrogen and oxygen atoms in total. The van der Waals surface area contributed by atoms with Crippen LogP contribution in [0.2, 0.25) is 0 Å². The van der Waals surface area contributed by atoms with Crippen LogP contribution in [0.25, 0.3) is 0 Å². The van der Waals surface area contributed by atoms with Gasteiger partial charge in [-0.1, -0.05) is 48.5 Å². The first-order chi connectivity index (χ1) is 17.4. The minimum atomic E-state index is -3.87. The van der Waals surface area contributed by atoms with E-state index in [9.17, 15) is 13.2 Å². The first-order valence-electron chi connectivity index (χ1n) is 12.3. The summed E-state index contributed by atoms with van der Waals surface area (Å²) < 4.78 is 34.3. The quantitative estimate of drug-likeness (QED) is 0.528. The Morgan fingerprint density at radius 3 is 2.50 bits per heavy atom. The fraction of sp³-hybridized carbons (Fsp3) is 0.321. The van der Waals surface area contributed by atoms with Crippen molar-refractivity contribution in [2.24, 2.45) is 0 Å². The smallest absolute Gasteiger partial charge is 0.264 e. The third kappa shape index (κ3) is 5.24. The number of carbonyl (C=O) groups is 1. The Morgan fingerprint density at radius 2 is 1.72 bits per heavy atom. The molecule has 0 aromatic heterocycles. The fourth-order valence-electron chi connectivity index (χ4n) is 4.79. The molecule has 1 atom stereocenters. The van der Waals surface area contributed by atoms with Gasteiger partial charge in [0.25, 0.3) is 15.9 Å². The number of anilines is 1. The maximum absolute atomic E-state index is 13.5. The van der Waals surface area contributed by atoms with Crippen LogP contribution in [0.5, 0.6) is 5.75 Å². The normalized spacial score (nSPS) is 17.9. The van der Waals surface area contributed by atoms with E-state index in [1.54, 1.807) is 42.5 Å². The predicted octanol–water partition coefficient (Wildman–Crippen LogP) is 3.86. The molecule has 3 aromatic rings. The van der Waals surface area contributed by atoms with Crippen molar-refractivity contribution in [3.8, 4) is 5.75 Å². The zero-order valence-corrected chi connectivity index (χ0v) is 21.2. The molecule has 0 unspecified atom stereocenters. The number of amides is 1. The average molecular weight is 506 g/mol. The minimum Gasteiger partial charge on any atom is -0.476 e. The maximum Gasteiger partial charge on any atom is 0.264 e. The van der Waals surface area contributed by atoms with Gasteiger partial charge in [-0.2, -0.15) is 0 Å². The van der Waals surface area contributed by atoms with E-state index in [-0.39, 0.29) is 17.3 Å². The van der Waals surface area contributed by atoms with Crippen LogP contribution in [0.4, 0.5) is 5.69 Å².